The quantitative estimate of drug-likeness (QED) is 0.678. The molecule has 0 saturated heterocycles. The number of alkyl halides is 1. The lowest BCUT2D eigenvalue weighted by molar-refractivity contribution is 0.287. The van der Waals surface area contributed by atoms with Gasteiger partial charge in [0.2, 0.25) is 0 Å². The number of benzene rings is 1. The van der Waals surface area contributed by atoms with E-state index >= 15 is 0 Å². The standard InChI is InChI=1S/C16H19ClO3S/c1-4-19-12-7-6-11(10-14(12)20-5-2)15(17)16-13(18-3)8-9-21-16/h6-10,15H,4-5H2,1-3H3. The van der Waals surface area contributed by atoms with Crippen LogP contribution >= 0.6 is 22.9 Å². The summed E-state index contributed by atoms with van der Waals surface area (Å²) in [5, 5.41) is 1.71. The summed E-state index contributed by atoms with van der Waals surface area (Å²) in [6, 6.07) is 7.72. The number of hydrogen-bond donors (Lipinski definition) is 0. The minimum Gasteiger partial charge on any atom is -0.496 e. The maximum absolute atomic E-state index is 6.59. The minimum atomic E-state index is -0.269. The molecule has 0 N–H and O–H groups in total. The van der Waals surface area contributed by atoms with Gasteiger partial charge in [-0.15, -0.1) is 22.9 Å². The summed E-state index contributed by atoms with van der Waals surface area (Å²) in [5.41, 5.74) is 0.962. The lowest BCUT2D eigenvalue weighted by Crippen LogP contribution is -2.00. The first kappa shape index (κ1) is 16.0. The molecule has 1 atom stereocenters. The zero-order valence-electron chi connectivity index (χ0n) is 12.4. The average Bonchev–Trinajstić information content (AvgIpc) is 2.97. The normalized spacial score (nSPS) is 12.0. The van der Waals surface area contributed by atoms with E-state index in [9.17, 15) is 0 Å². The Hall–Kier alpha value is -1.39. The van der Waals surface area contributed by atoms with Crippen LogP contribution < -0.4 is 14.2 Å². The molecular weight excluding hydrogens is 308 g/mol. The van der Waals surface area contributed by atoms with Crippen molar-refractivity contribution >= 4 is 22.9 Å². The van der Waals surface area contributed by atoms with E-state index in [1.165, 1.54) is 0 Å². The molecule has 0 aliphatic rings. The van der Waals surface area contributed by atoms with Crippen molar-refractivity contribution in [3.63, 3.8) is 0 Å². The van der Waals surface area contributed by atoms with Crippen LogP contribution in [0.25, 0.3) is 0 Å². The Kier molecular flexibility index (Phi) is 5.76. The molecule has 1 unspecified atom stereocenters. The Bertz CT molecular complexity index is 583. The van der Waals surface area contributed by atoms with Gasteiger partial charge in [-0.05, 0) is 43.0 Å². The Balaban J connectivity index is 2.33. The summed E-state index contributed by atoms with van der Waals surface area (Å²) >= 11 is 8.17. The van der Waals surface area contributed by atoms with Crippen LogP contribution in [0.4, 0.5) is 0 Å². The molecule has 0 fully saturated rings. The number of hydrogen-bond acceptors (Lipinski definition) is 4. The van der Waals surface area contributed by atoms with Gasteiger partial charge in [0.15, 0.2) is 11.5 Å². The molecule has 21 heavy (non-hydrogen) atoms. The zero-order chi connectivity index (χ0) is 15.2. The van der Waals surface area contributed by atoms with E-state index in [0.29, 0.717) is 13.2 Å². The number of thiophene rings is 1. The van der Waals surface area contributed by atoms with E-state index in [1.54, 1.807) is 18.4 Å². The molecule has 0 aliphatic carbocycles. The van der Waals surface area contributed by atoms with Crippen molar-refractivity contribution in [2.45, 2.75) is 19.2 Å². The van der Waals surface area contributed by atoms with E-state index in [4.69, 9.17) is 25.8 Å². The second kappa shape index (κ2) is 7.57. The predicted molar refractivity (Wildman–Crippen MR) is 87.3 cm³/mol. The third kappa shape index (κ3) is 3.63. The van der Waals surface area contributed by atoms with Gasteiger partial charge in [-0.3, -0.25) is 0 Å². The number of halogens is 1. The highest BCUT2D eigenvalue weighted by Gasteiger charge is 2.19. The lowest BCUT2D eigenvalue weighted by atomic mass is 10.1. The van der Waals surface area contributed by atoms with Crippen molar-refractivity contribution in [1.29, 1.82) is 0 Å². The van der Waals surface area contributed by atoms with Crippen LogP contribution in [-0.2, 0) is 0 Å². The summed E-state index contributed by atoms with van der Waals surface area (Å²) in [6.07, 6.45) is 0. The first-order valence-electron chi connectivity index (χ1n) is 6.86. The van der Waals surface area contributed by atoms with Crippen LogP contribution in [0.5, 0.6) is 17.2 Å². The topological polar surface area (TPSA) is 27.7 Å². The molecule has 0 amide bonds. The van der Waals surface area contributed by atoms with Gasteiger partial charge in [-0.2, -0.15) is 0 Å². The molecule has 0 saturated carbocycles. The highest BCUT2D eigenvalue weighted by molar-refractivity contribution is 7.10. The summed E-state index contributed by atoms with van der Waals surface area (Å²) < 4.78 is 16.6. The summed E-state index contributed by atoms with van der Waals surface area (Å²) in [7, 11) is 1.65. The van der Waals surface area contributed by atoms with Gasteiger partial charge in [0.25, 0.3) is 0 Å². The van der Waals surface area contributed by atoms with Crippen molar-refractivity contribution < 1.29 is 14.2 Å². The van der Waals surface area contributed by atoms with Gasteiger partial charge in [0.1, 0.15) is 5.75 Å². The van der Waals surface area contributed by atoms with E-state index in [-0.39, 0.29) is 5.38 Å². The molecule has 1 aromatic heterocycles. The molecule has 0 spiro atoms. The van der Waals surface area contributed by atoms with E-state index in [0.717, 1.165) is 27.7 Å². The Morgan fingerprint density at radius 1 is 1.05 bits per heavy atom. The summed E-state index contributed by atoms with van der Waals surface area (Å²) in [6.45, 7) is 5.08. The van der Waals surface area contributed by atoms with E-state index < -0.39 is 0 Å². The maximum atomic E-state index is 6.59. The fourth-order valence-corrected chi connectivity index (χ4v) is 3.30. The molecule has 1 aromatic carbocycles. The molecule has 0 radical (unpaired) electrons. The highest BCUT2D eigenvalue weighted by atomic mass is 35.5. The van der Waals surface area contributed by atoms with Gasteiger partial charge < -0.3 is 14.2 Å². The second-order valence-electron chi connectivity index (χ2n) is 4.29. The predicted octanol–water partition coefficient (Wildman–Crippen LogP) is 4.88. The fraction of sp³-hybridized carbons (Fsp3) is 0.375. The molecule has 1 heterocycles. The van der Waals surface area contributed by atoms with Crippen molar-refractivity contribution in [3.8, 4) is 17.2 Å². The average molecular weight is 327 g/mol. The van der Waals surface area contributed by atoms with E-state index in [2.05, 4.69) is 0 Å². The molecule has 3 nitrogen and oxygen atoms in total. The van der Waals surface area contributed by atoms with Crippen molar-refractivity contribution in [2.75, 3.05) is 20.3 Å². The molecule has 2 aromatic rings. The smallest absolute Gasteiger partial charge is 0.161 e. The fourth-order valence-electron chi connectivity index (χ4n) is 2.04. The first-order chi connectivity index (χ1) is 10.2. The van der Waals surface area contributed by atoms with Gasteiger partial charge in [-0.25, -0.2) is 0 Å². The van der Waals surface area contributed by atoms with Gasteiger partial charge >= 0.3 is 0 Å². The summed E-state index contributed by atoms with van der Waals surface area (Å²) in [5.74, 6) is 2.27. The van der Waals surface area contributed by atoms with Gasteiger partial charge in [0, 0.05) is 0 Å². The van der Waals surface area contributed by atoms with Crippen LogP contribution in [0.3, 0.4) is 0 Å². The minimum absolute atomic E-state index is 0.269. The molecule has 5 heteroatoms. The van der Waals surface area contributed by atoms with Crippen LogP contribution in [-0.4, -0.2) is 20.3 Å². The number of methoxy groups -OCH3 is 1. The zero-order valence-corrected chi connectivity index (χ0v) is 14.0. The Labute approximate surface area is 134 Å². The van der Waals surface area contributed by atoms with Crippen molar-refractivity contribution in [1.82, 2.24) is 0 Å². The molecule has 0 aliphatic heterocycles. The van der Waals surface area contributed by atoms with Crippen LogP contribution in [0.1, 0.15) is 29.7 Å². The van der Waals surface area contributed by atoms with Crippen LogP contribution in [0.15, 0.2) is 29.6 Å². The van der Waals surface area contributed by atoms with Gasteiger partial charge in [0.05, 0.1) is 30.6 Å². The number of ether oxygens (including phenoxy) is 3. The molecule has 114 valence electrons. The largest absolute Gasteiger partial charge is 0.496 e. The maximum Gasteiger partial charge on any atom is 0.161 e. The Morgan fingerprint density at radius 3 is 2.43 bits per heavy atom. The van der Waals surface area contributed by atoms with E-state index in [1.807, 2.05) is 43.5 Å². The molecule has 0 bridgehead atoms. The van der Waals surface area contributed by atoms with Crippen LogP contribution in [0, 0.1) is 0 Å². The van der Waals surface area contributed by atoms with Crippen molar-refractivity contribution in [2.24, 2.45) is 0 Å². The SMILES string of the molecule is CCOc1ccc(C(Cl)c2sccc2OC)cc1OCC. The van der Waals surface area contributed by atoms with Crippen LogP contribution in [0.2, 0.25) is 0 Å². The second-order valence-corrected chi connectivity index (χ2v) is 5.67. The van der Waals surface area contributed by atoms with Crippen molar-refractivity contribution in [3.05, 3.63) is 40.1 Å². The Morgan fingerprint density at radius 2 is 1.76 bits per heavy atom. The van der Waals surface area contributed by atoms with Gasteiger partial charge in [-0.1, -0.05) is 6.07 Å². The third-order valence-electron chi connectivity index (χ3n) is 2.97. The highest BCUT2D eigenvalue weighted by Crippen LogP contribution is 2.41. The number of rotatable bonds is 7. The molecular formula is C16H19ClO3S. The monoisotopic (exact) mass is 326 g/mol. The lowest BCUT2D eigenvalue weighted by Gasteiger charge is -2.15. The first-order valence-corrected chi connectivity index (χ1v) is 8.17. The summed E-state index contributed by atoms with van der Waals surface area (Å²) in [4.78, 5) is 0.991. The third-order valence-corrected chi connectivity index (χ3v) is 4.53. The molecule has 2 rings (SSSR count).